The molecule has 0 amide bonds. The first-order valence-corrected chi connectivity index (χ1v) is 11.3. The van der Waals surface area contributed by atoms with Gasteiger partial charge in [0.1, 0.15) is 0 Å². The molecule has 0 fully saturated rings. The van der Waals surface area contributed by atoms with Crippen LogP contribution in [0, 0.1) is 0 Å². The molecule has 1 aromatic carbocycles. The molecule has 27 heavy (non-hydrogen) atoms. The minimum atomic E-state index is 0.0515. The Balaban J connectivity index is 2.19. The van der Waals surface area contributed by atoms with Crippen LogP contribution in [-0.4, -0.2) is 0 Å². The van der Waals surface area contributed by atoms with Gasteiger partial charge in [-0.2, -0.15) is 11.3 Å². The fraction of sp³-hybridized carbons (Fsp3) is 0.385. The SMILES string of the molecule is C=C1/C=C\C=C/Cc2ccc(-c3ccsc3)cc2C1(CCCC)CCCC. The molecule has 0 atom stereocenters. The molecule has 1 aromatic heterocycles. The highest BCUT2D eigenvalue weighted by molar-refractivity contribution is 7.08. The van der Waals surface area contributed by atoms with Gasteiger partial charge in [0.2, 0.25) is 0 Å². The van der Waals surface area contributed by atoms with Gasteiger partial charge in [-0.3, -0.25) is 0 Å². The third kappa shape index (κ3) is 4.35. The van der Waals surface area contributed by atoms with Crippen molar-refractivity contribution in [3.05, 3.63) is 82.6 Å². The molecule has 1 aliphatic rings. The van der Waals surface area contributed by atoms with Crippen LogP contribution in [0.25, 0.3) is 11.1 Å². The summed E-state index contributed by atoms with van der Waals surface area (Å²) in [6.07, 6.45) is 17.2. The average molecular weight is 377 g/mol. The number of benzene rings is 1. The van der Waals surface area contributed by atoms with Crippen LogP contribution in [0.15, 0.2) is 71.5 Å². The number of hydrogen-bond donors (Lipinski definition) is 0. The van der Waals surface area contributed by atoms with Gasteiger partial charge in [-0.25, -0.2) is 0 Å². The van der Waals surface area contributed by atoms with Crippen molar-refractivity contribution in [2.24, 2.45) is 0 Å². The van der Waals surface area contributed by atoms with Crippen molar-refractivity contribution in [1.29, 1.82) is 0 Å². The Bertz CT molecular complexity index is 797. The summed E-state index contributed by atoms with van der Waals surface area (Å²) < 4.78 is 0. The number of allylic oxidation sites excluding steroid dienone is 5. The van der Waals surface area contributed by atoms with Crippen LogP contribution in [0.3, 0.4) is 0 Å². The van der Waals surface area contributed by atoms with E-state index in [1.54, 1.807) is 11.3 Å². The summed E-state index contributed by atoms with van der Waals surface area (Å²) in [6, 6.07) is 9.36. The second-order valence-electron chi connectivity index (χ2n) is 7.69. The van der Waals surface area contributed by atoms with E-state index in [1.165, 1.54) is 66.4 Å². The molecular weight excluding hydrogens is 344 g/mol. The minimum absolute atomic E-state index is 0.0515. The predicted octanol–water partition coefficient (Wildman–Crippen LogP) is 8.26. The second kappa shape index (κ2) is 9.37. The Hall–Kier alpha value is -1.86. The molecule has 1 heteroatoms. The molecule has 2 aromatic rings. The maximum Gasteiger partial charge on any atom is 0.0200 e. The van der Waals surface area contributed by atoms with Gasteiger partial charge in [0.05, 0.1) is 0 Å². The van der Waals surface area contributed by atoms with E-state index in [4.69, 9.17) is 0 Å². The Morgan fingerprint density at radius 1 is 1.00 bits per heavy atom. The van der Waals surface area contributed by atoms with E-state index in [2.05, 4.69) is 79.8 Å². The molecule has 0 unspecified atom stereocenters. The molecule has 3 rings (SSSR count). The maximum absolute atomic E-state index is 4.59. The normalized spacial score (nSPS) is 18.2. The molecule has 0 bridgehead atoms. The lowest BCUT2D eigenvalue weighted by Gasteiger charge is -2.38. The summed E-state index contributed by atoms with van der Waals surface area (Å²) >= 11 is 1.77. The standard InChI is InChI=1S/C26H32S/c1-4-6-16-26(17-7-5-2)21(3)11-9-8-10-12-22-13-14-23(19-25(22)26)24-15-18-27-20-24/h8-11,13-15,18-20H,3-7,12,16-17H2,1-2H3/b10-8-,11-9-. The van der Waals surface area contributed by atoms with Crippen molar-refractivity contribution < 1.29 is 0 Å². The van der Waals surface area contributed by atoms with Gasteiger partial charge in [0, 0.05) is 5.41 Å². The Kier molecular flexibility index (Phi) is 6.90. The van der Waals surface area contributed by atoms with E-state index in [0.29, 0.717) is 0 Å². The molecule has 1 aliphatic carbocycles. The summed E-state index contributed by atoms with van der Waals surface area (Å²) in [5.74, 6) is 0. The zero-order valence-corrected chi connectivity index (χ0v) is 17.7. The van der Waals surface area contributed by atoms with Crippen molar-refractivity contribution in [2.45, 2.75) is 64.2 Å². The number of rotatable bonds is 7. The van der Waals surface area contributed by atoms with Crippen LogP contribution in [0.5, 0.6) is 0 Å². The Labute approximate surface area is 169 Å². The molecule has 0 aliphatic heterocycles. The largest absolute Gasteiger partial charge is 0.152 e. The van der Waals surface area contributed by atoms with Crippen LogP contribution in [0.1, 0.15) is 63.5 Å². The van der Waals surface area contributed by atoms with Crippen LogP contribution >= 0.6 is 11.3 Å². The van der Waals surface area contributed by atoms with Crippen molar-refractivity contribution in [3.8, 4) is 11.1 Å². The van der Waals surface area contributed by atoms with Gasteiger partial charge in [-0.15, -0.1) is 0 Å². The van der Waals surface area contributed by atoms with E-state index in [9.17, 15) is 0 Å². The van der Waals surface area contributed by atoms with Crippen molar-refractivity contribution in [3.63, 3.8) is 0 Å². The molecule has 0 saturated heterocycles. The maximum atomic E-state index is 4.59. The number of fused-ring (bicyclic) bond motifs is 1. The molecule has 0 N–H and O–H groups in total. The van der Waals surface area contributed by atoms with Crippen LogP contribution < -0.4 is 0 Å². The van der Waals surface area contributed by atoms with Gasteiger partial charge in [0.15, 0.2) is 0 Å². The molecule has 0 spiro atoms. The summed E-state index contributed by atoms with van der Waals surface area (Å²) in [5, 5.41) is 4.42. The summed E-state index contributed by atoms with van der Waals surface area (Å²) in [6.45, 7) is 9.18. The highest BCUT2D eigenvalue weighted by atomic mass is 32.1. The monoisotopic (exact) mass is 376 g/mol. The average Bonchev–Trinajstić information content (AvgIpc) is 3.23. The van der Waals surface area contributed by atoms with Gasteiger partial charge in [-0.05, 0) is 70.0 Å². The van der Waals surface area contributed by atoms with E-state index < -0.39 is 0 Å². The minimum Gasteiger partial charge on any atom is -0.152 e. The fourth-order valence-electron chi connectivity index (χ4n) is 4.26. The van der Waals surface area contributed by atoms with Crippen LogP contribution in [0.4, 0.5) is 0 Å². The molecule has 142 valence electrons. The van der Waals surface area contributed by atoms with E-state index in [1.807, 2.05) is 0 Å². The highest BCUT2D eigenvalue weighted by Crippen LogP contribution is 2.45. The van der Waals surface area contributed by atoms with Gasteiger partial charge < -0.3 is 0 Å². The van der Waals surface area contributed by atoms with Crippen LogP contribution in [-0.2, 0) is 11.8 Å². The molecule has 0 nitrogen and oxygen atoms in total. The Morgan fingerprint density at radius 3 is 2.44 bits per heavy atom. The lowest BCUT2D eigenvalue weighted by molar-refractivity contribution is 0.404. The van der Waals surface area contributed by atoms with Gasteiger partial charge >= 0.3 is 0 Å². The lowest BCUT2D eigenvalue weighted by Crippen LogP contribution is -2.29. The molecular formula is C26H32S. The summed E-state index contributed by atoms with van der Waals surface area (Å²) in [5.41, 5.74) is 6.97. The first kappa shape index (κ1) is 19.9. The number of thiophene rings is 1. The van der Waals surface area contributed by atoms with Crippen molar-refractivity contribution >= 4 is 11.3 Å². The molecule has 1 heterocycles. The third-order valence-corrected chi connectivity index (χ3v) is 6.57. The lowest BCUT2D eigenvalue weighted by atomic mass is 9.66. The second-order valence-corrected chi connectivity index (χ2v) is 8.47. The predicted molar refractivity (Wildman–Crippen MR) is 122 cm³/mol. The first-order chi connectivity index (χ1) is 13.2. The first-order valence-electron chi connectivity index (χ1n) is 10.4. The number of unbranched alkanes of at least 4 members (excludes halogenated alkanes) is 2. The van der Waals surface area contributed by atoms with Crippen LogP contribution in [0.2, 0.25) is 0 Å². The number of hydrogen-bond acceptors (Lipinski definition) is 1. The van der Waals surface area contributed by atoms with Crippen molar-refractivity contribution in [1.82, 2.24) is 0 Å². The van der Waals surface area contributed by atoms with Crippen molar-refractivity contribution in [2.75, 3.05) is 0 Å². The van der Waals surface area contributed by atoms with E-state index in [0.717, 1.165) is 6.42 Å². The van der Waals surface area contributed by atoms with Gasteiger partial charge in [0.25, 0.3) is 0 Å². The molecule has 0 radical (unpaired) electrons. The molecule has 0 saturated carbocycles. The zero-order chi connectivity index (χ0) is 19.1. The fourth-order valence-corrected chi connectivity index (χ4v) is 4.92. The smallest absolute Gasteiger partial charge is 0.0200 e. The van der Waals surface area contributed by atoms with E-state index >= 15 is 0 Å². The summed E-state index contributed by atoms with van der Waals surface area (Å²) in [7, 11) is 0. The van der Waals surface area contributed by atoms with Gasteiger partial charge in [-0.1, -0.05) is 82.5 Å². The highest BCUT2D eigenvalue weighted by Gasteiger charge is 2.35. The Morgan fingerprint density at radius 2 is 1.78 bits per heavy atom. The summed E-state index contributed by atoms with van der Waals surface area (Å²) in [4.78, 5) is 0. The zero-order valence-electron chi connectivity index (χ0n) is 16.8. The third-order valence-electron chi connectivity index (χ3n) is 5.89. The quantitative estimate of drug-likeness (QED) is 0.456. The topological polar surface area (TPSA) is 0 Å². The van der Waals surface area contributed by atoms with E-state index in [-0.39, 0.29) is 5.41 Å².